The standard InChI is InChI=1S/C22H23NO3/c1-23-14-18(10-16-6-4-8-20(12-16)25-2)22(24)19(15-23)11-17-7-5-9-21(13-17)26-3/h4-13H,14-15H2,1-3H3. The molecule has 1 saturated heterocycles. The van der Waals surface area contributed by atoms with Crippen LogP contribution in [0.1, 0.15) is 11.1 Å². The third-order valence-electron chi connectivity index (χ3n) is 4.33. The molecule has 2 aromatic rings. The number of methoxy groups -OCH3 is 2. The molecule has 0 N–H and O–H groups in total. The third kappa shape index (κ3) is 4.21. The first-order valence-electron chi connectivity index (χ1n) is 8.51. The molecular formula is C22H23NO3. The number of Topliss-reactive ketones (excluding diaryl/α,β-unsaturated/α-hetero) is 1. The van der Waals surface area contributed by atoms with Gasteiger partial charge in [-0.2, -0.15) is 0 Å². The van der Waals surface area contributed by atoms with Crippen molar-refractivity contribution < 1.29 is 14.3 Å². The van der Waals surface area contributed by atoms with Gasteiger partial charge < -0.3 is 9.47 Å². The maximum absolute atomic E-state index is 13.0. The Hall–Kier alpha value is -2.85. The van der Waals surface area contributed by atoms with Crippen LogP contribution < -0.4 is 9.47 Å². The summed E-state index contributed by atoms with van der Waals surface area (Å²) in [6.45, 7) is 1.26. The van der Waals surface area contributed by atoms with Crippen molar-refractivity contribution in [1.29, 1.82) is 0 Å². The van der Waals surface area contributed by atoms with E-state index in [-0.39, 0.29) is 5.78 Å². The second-order valence-electron chi connectivity index (χ2n) is 6.39. The summed E-state index contributed by atoms with van der Waals surface area (Å²) in [5, 5.41) is 0. The fourth-order valence-electron chi connectivity index (χ4n) is 3.07. The average Bonchev–Trinajstić information content (AvgIpc) is 2.66. The van der Waals surface area contributed by atoms with Crippen LogP contribution in [0.2, 0.25) is 0 Å². The number of likely N-dealkylation sites (N-methyl/N-ethyl adjacent to an activating group) is 1. The van der Waals surface area contributed by atoms with Crippen LogP contribution in [0, 0.1) is 0 Å². The van der Waals surface area contributed by atoms with Gasteiger partial charge in [-0.05, 0) is 54.6 Å². The number of carbonyl (C=O) groups is 1. The van der Waals surface area contributed by atoms with Gasteiger partial charge in [0, 0.05) is 24.2 Å². The minimum Gasteiger partial charge on any atom is -0.497 e. The van der Waals surface area contributed by atoms with Crippen molar-refractivity contribution in [3.05, 3.63) is 70.8 Å². The number of ether oxygens (including phenoxy) is 2. The monoisotopic (exact) mass is 349 g/mol. The van der Waals surface area contributed by atoms with Crippen LogP contribution in [0.5, 0.6) is 11.5 Å². The van der Waals surface area contributed by atoms with E-state index in [2.05, 4.69) is 4.90 Å². The lowest BCUT2D eigenvalue weighted by molar-refractivity contribution is -0.113. The Bertz CT molecular complexity index is 798. The number of ketones is 1. The number of carbonyl (C=O) groups excluding carboxylic acids is 1. The first-order chi connectivity index (χ1) is 12.6. The molecule has 0 radical (unpaired) electrons. The van der Waals surface area contributed by atoms with Crippen LogP contribution in [-0.4, -0.2) is 45.0 Å². The van der Waals surface area contributed by atoms with E-state index in [9.17, 15) is 4.79 Å². The molecule has 0 saturated carbocycles. The molecule has 0 atom stereocenters. The number of hydrogen-bond donors (Lipinski definition) is 0. The van der Waals surface area contributed by atoms with Gasteiger partial charge in [0.25, 0.3) is 0 Å². The summed E-state index contributed by atoms with van der Waals surface area (Å²) in [4.78, 5) is 15.1. The largest absolute Gasteiger partial charge is 0.497 e. The topological polar surface area (TPSA) is 38.8 Å². The maximum Gasteiger partial charge on any atom is 0.187 e. The Kier molecular flexibility index (Phi) is 5.54. The fourth-order valence-corrected chi connectivity index (χ4v) is 3.07. The number of hydrogen-bond acceptors (Lipinski definition) is 4. The molecular weight excluding hydrogens is 326 g/mol. The van der Waals surface area contributed by atoms with E-state index in [1.54, 1.807) is 14.2 Å². The van der Waals surface area contributed by atoms with Crippen molar-refractivity contribution in [2.24, 2.45) is 0 Å². The summed E-state index contributed by atoms with van der Waals surface area (Å²) in [7, 11) is 5.30. The predicted octanol–water partition coefficient (Wildman–Crippen LogP) is 3.69. The second-order valence-corrected chi connectivity index (χ2v) is 6.39. The number of rotatable bonds is 4. The molecule has 0 aliphatic carbocycles. The second kappa shape index (κ2) is 8.02. The van der Waals surface area contributed by atoms with Gasteiger partial charge in [0.15, 0.2) is 5.78 Å². The van der Waals surface area contributed by atoms with Crippen molar-refractivity contribution in [3.63, 3.8) is 0 Å². The molecule has 1 aliphatic rings. The van der Waals surface area contributed by atoms with E-state index in [0.29, 0.717) is 13.1 Å². The third-order valence-corrected chi connectivity index (χ3v) is 4.33. The van der Waals surface area contributed by atoms with Crippen LogP contribution in [0.25, 0.3) is 12.2 Å². The van der Waals surface area contributed by atoms with Gasteiger partial charge in [-0.25, -0.2) is 0 Å². The minimum absolute atomic E-state index is 0.0914. The zero-order chi connectivity index (χ0) is 18.5. The highest BCUT2D eigenvalue weighted by molar-refractivity contribution is 6.14. The Balaban J connectivity index is 1.92. The lowest BCUT2D eigenvalue weighted by Gasteiger charge is -2.26. The van der Waals surface area contributed by atoms with Gasteiger partial charge in [0.1, 0.15) is 11.5 Å². The van der Waals surface area contributed by atoms with Crippen LogP contribution in [-0.2, 0) is 4.79 Å². The molecule has 0 spiro atoms. The van der Waals surface area contributed by atoms with Crippen LogP contribution >= 0.6 is 0 Å². The molecule has 2 aromatic carbocycles. The summed E-state index contributed by atoms with van der Waals surface area (Å²) in [6.07, 6.45) is 3.89. The van der Waals surface area contributed by atoms with Crippen LogP contribution in [0.15, 0.2) is 59.7 Å². The highest BCUT2D eigenvalue weighted by atomic mass is 16.5. The molecule has 0 unspecified atom stereocenters. The van der Waals surface area contributed by atoms with Gasteiger partial charge in [-0.15, -0.1) is 0 Å². The molecule has 0 amide bonds. The first-order valence-corrected chi connectivity index (χ1v) is 8.51. The zero-order valence-electron chi connectivity index (χ0n) is 15.4. The summed E-state index contributed by atoms with van der Waals surface area (Å²) in [6, 6.07) is 15.5. The highest BCUT2D eigenvalue weighted by Gasteiger charge is 2.23. The normalized spacial score (nSPS) is 18.3. The minimum atomic E-state index is 0.0914. The van der Waals surface area contributed by atoms with Crippen molar-refractivity contribution in [3.8, 4) is 11.5 Å². The number of nitrogens with zero attached hydrogens (tertiary/aromatic N) is 1. The summed E-state index contributed by atoms with van der Waals surface area (Å²) in [5.74, 6) is 1.65. The van der Waals surface area contributed by atoms with Crippen LogP contribution in [0.3, 0.4) is 0 Å². The van der Waals surface area contributed by atoms with E-state index in [1.165, 1.54) is 0 Å². The van der Waals surface area contributed by atoms with Crippen molar-refractivity contribution >= 4 is 17.9 Å². The molecule has 1 aliphatic heterocycles. The van der Waals surface area contributed by atoms with E-state index >= 15 is 0 Å². The smallest absolute Gasteiger partial charge is 0.187 e. The van der Waals surface area contributed by atoms with Crippen molar-refractivity contribution in [2.75, 3.05) is 34.4 Å². The molecule has 26 heavy (non-hydrogen) atoms. The average molecular weight is 349 g/mol. The van der Waals surface area contributed by atoms with E-state index in [4.69, 9.17) is 9.47 Å². The molecule has 0 bridgehead atoms. The van der Waals surface area contributed by atoms with E-state index in [1.807, 2.05) is 67.7 Å². The Labute approximate surface area is 154 Å². The molecule has 1 heterocycles. The maximum atomic E-state index is 13.0. The predicted molar refractivity (Wildman–Crippen MR) is 104 cm³/mol. The molecule has 4 heteroatoms. The first kappa shape index (κ1) is 18.0. The lowest BCUT2D eigenvalue weighted by atomic mass is 9.94. The Morgan fingerprint density at radius 3 is 1.73 bits per heavy atom. The quantitative estimate of drug-likeness (QED) is 0.789. The number of benzene rings is 2. The van der Waals surface area contributed by atoms with Gasteiger partial charge >= 0.3 is 0 Å². The highest BCUT2D eigenvalue weighted by Crippen LogP contribution is 2.23. The summed E-state index contributed by atoms with van der Waals surface area (Å²) in [5.41, 5.74) is 3.48. The summed E-state index contributed by atoms with van der Waals surface area (Å²) < 4.78 is 10.5. The lowest BCUT2D eigenvalue weighted by Crippen LogP contribution is -2.34. The number of piperidine rings is 1. The van der Waals surface area contributed by atoms with Gasteiger partial charge in [-0.3, -0.25) is 9.69 Å². The number of likely N-dealkylation sites (tertiary alicyclic amines) is 1. The molecule has 0 aromatic heterocycles. The Morgan fingerprint density at radius 1 is 0.846 bits per heavy atom. The summed E-state index contributed by atoms with van der Waals surface area (Å²) >= 11 is 0. The van der Waals surface area contributed by atoms with Crippen LogP contribution in [0.4, 0.5) is 0 Å². The molecule has 4 nitrogen and oxygen atoms in total. The molecule has 3 rings (SSSR count). The van der Waals surface area contributed by atoms with Gasteiger partial charge in [0.05, 0.1) is 14.2 Å². The van der Waals surface area contributed by atoms with Gasteiger partial charge in [-0.1, -0.05) is 24.3 Å². The fraction of sp³-hybridized carbons (Fsp3) is 0.227. The molecule has 134 valence electrons. The SMILES string of the molecule is COc1cccc(C=C2CN(C)CC(=Cc3cccc(OC)c3)C2=O)c1. The van der Waals surface area contributed by atoms with Crippen molar-refractivity contribution in [2.45, 2.75) is 0 Å². The Morgan fingerprint density at radius 2 is 1.31 bits per heavy atom. The van der Waals surface area contributed by atoms with E-state index < -0.39 is 0 Å². The van der Waals surface area contributed by atoms with Crippen molar-refractivity contribution in [1.82, 2.24) is 4.90 Å². The molecule has 1 fully saturated rings. The zero-order valence-corrected chi connectivity index (χ0v) is 15.4. The van der Waals surface area contributed by atoms with Gasteiger partial charge in [0.2, 0.25) is 0 Å². The van der Waals surface area contributed by atoms with E-state index in [0.717, 1.165) is 33.8 Å².